The Morgan fingerprint density at radius 3 is 2.52 bits per heavy atom. The van der Waals surface area contributed by atoms with E-state index in [1.165, 1.54) is 37.8 Å². The number of thiocarbonyl (C=S) groups is 1. The summed E-state index contributed by atoms with van der Waals surface area (Å²) in [5.74, 6) is 0.597. The summed E-state index contributed by atoms with van der Waals surface area (Å²) < 4.78 is 2.04. The van der Waals surface area contributed by atoms with Gasteiger partial charge in [-0.15, -0.1) is 0 Å². The number of nitrogens with one attached hydrogen (secondary N) is 1. The molecule has 1 aromatic heterocycles. The van der Waals surface area contributed by atoms with Crippen LogP contribution >= 0.6 is 12.2 Å². The average Bonchev–Trinajstić information content (AvgIpc) is 2.95. The first-order valence-corrected chi connectivity index (χ1v) is 8.66. The predicted octanol–water partition coefficient (Wildman–Crippen LogP) is 2.81. The molecule has 0 aromatic carbocycles. The Hall–Kier alpha value is -1.10. The highest BCUT2D eigenvalue weighted by Crippen LogP contribution is 2.27. The topological polar surface area (TPSA) is 33.1 Å². The van der Waals surface area contributed by atoms with Crippen LogP contribution in [0.5, 0.6) is 0 Å². The summed E-state index contributed by atoms with van der Waals surface area (Å²) >= 11 is 5.61. The van der Waals surface area contributed by atoms with Crippen molar-refractivity contribution in [2.45, 2.75) is 56.9 Å². The molecular formula is C16H26N4S. The number of imidazole rings is 1. The van der Waals surface area contributed by atoms with E-state index in [0.717, 1.165) is 31.0 Å². The molecule has 1 aliphatic carbocycles. The molecule has 0 atom stereocenters. The maximum atomic E-state index is 5.61. The van der Waals surface area contributed by atoms with E-state index in [2.05, 4.69) is 21.4 Å². The fourth-order valence-corrected chi connectivity index (χ4v) is 3.88. The zero-order chi connectivity index (χ0) is 14.7. The van der Waals surface area contributed by atoms with Crippen molar-refractivity contribution in [1.29, 1.82) is 0 Å². The van der Waals surface area contributed by atoms with Crippen LogP contribution in [0, 0.1) is 0 Å². The molecule has 1 saturated carbocycles. The van der Waals surface area contributed by atoms with Crippen molar-refractivity contribution in [2.24, 2.45) is 7.05 Å². The summed E-state index contributed by atoms with van der Waals surface area (Å²) in [6, 6.07) is 0.611. The SMILES string of the molecule is Cn1cnc(C2CCN(C(=S)NC3CCCCC3)CC2)c1. The Morgan fingerprint density at radius 1 is 1.19 bits per heavy atom. The molecule has 1 saturated heterocycles. The first-order chi connectivity index (χ1) is 10.2. The van der Waals surface area contributed by atoms with Gasteiger partial charge in [-0.3, -0.25) is 0 Å². The van der Waals surface area contributed by atoms with Crippen molar-refractivity contribution in [2.75, 3.05) is 13.1 Å². The van der Waals surface area contributed by atoms with Crippen LogP contribution in [0.25, 0.3) is 0 Å². The van der Waals surface area contributed by atoms with E-state index in [0.29, 0.717) is 12.0 Å². The van der Waals surface area contributed by atoms with Gasteiger partial charge in [0.15, 0.2) is 5.11 Å². The van der Waals surface area contributed by atoms with E-state index >= 15 is 0 Å². The largest absolute Gasteiger partial charge is 0.360 e. The molecule has 0 spiro atoms. The molecular weight excluding hydrogens is 280 g/mol. The van der Waals surface area contributed by atoms with E-state index < -0.39 is 0 Å². The molecule has 3 rings (SSSR count). The standard InChI is InChI=1S/C16H26N4S/c1-19-11-15(17-12-19)13-7-9-20(10-8-13)16(21)18-14-5-3-2-4-6-14/h11-14H,2-10H2,1H3,(H,18,21). The van der Waals surface area contributed by atoms with Crippen molar-refractivity contribution in [3.63, 3.8) is 0 Å². The first kappa shape index (κ1) is 14.8. The van der Waals surface area contributed by atoms with Gasteiger partial charge in [-0.05, 0) is 37.9 Å². The minimum atomic E-state index is 0.597. The summed E-state index contributed by atoms with van der Waals surface area (Å²) in [4.78, 5) is 6.85. The number of aryl methyl sites for hydroxylation is 1. The summed E-state index contributed by atoms with van der Waals surface area (Å²) in [6.07, 6.45) is 13.0. The molecule has 0 amide bonds. The highest BCUT2D eigenvalue weighted by molar-refractivity contribution is 7.80. The molecule has 0 radical (unpaired) electrons. The van der Waals surface area contributed by atoms with Crippen LogP contribution in [-0.4, -0.2) is 38.7 Å². The highest BCUT2D eigenvalue weighted by Gasteiger charge is 2.24. The van der Waals surface area contributed by atoms with Gasteiger partial charge in [0, 0.05) is 38.3 Å². The monoisotopic (exact) mass is 306 g/mol. The normalized spacial score (nSPS) is 21.5. The Kier molecular flexibility index (Phi) is 4.78. The minimum absolute atomic E-state index is 0.597. The zero-order valence-corrected chi connectivity index (χ0v) is 13.7. The van der Waals surface area contributed by atoms with Crippen molar-refractivity contribution < 1.29 is 0 Å². The quantitative estimate of drug-likeness (QED) is 0.852. The van der Waals surface area contributed by atoms with Crippen LogP contribution in [0.4, 0.5) is 0 Å². The van der Waals surface area contributed by atoms with E-state index in [4.69, 9.17) is 12.2 Å². The number of piperidine rings is 1. The van der Waals surface area contributed by atoms with Gasteiger partial charge in [-0.1, -0.05) is 19.3 Å². The molecule has 5 heteroatoms. The van der Waals surface area contributed by atoms with Crippen molar-refractivity contribution in [3.8, 4) is 0 Å². The summed E-state index contributed by atoms with van der Waals surface area (Å²) in [7, 11) is 2.04. The molecule has 0 bridgehead atoms. The second-order valence-corrected chi connectivity index (χ2v) is 6.90. The lowest BCUT2D eigenvalue weighted by Gasteiger charge is -2.35. The third kappa shape index (κ3) is 3.76. The lowest BCUT2D eigenvalue weighted by molar-refractivity contribution is 0.299. The van der Waals surface area contributed by atoms with Crippen molar-refractivity contribution in [1.82, 2.24) is 19.8 Å². The van der Waals surface area contributed by atoms with Gasteiger partial charge in [0.2, 0.25) is 0 Å². The van der Waals surface area contributed by atoms with Gasteiger partial charge in [-0.25, -0.2) is 4.98 Å². The zero-order valence-electron chi connectivity index (χ0n) is 12.9. The molecule has 1 aromatic rings. The maximum absolute atomic E-state index is 5.61. The summed E-state index contributed by atoms with van der Waals surface area (Å²) in [6.45, 7) is 2.11. The molecule has 4 nitrogen and oxygen atoms in total. The van der Waals surface area contributed by atoms with E-state index in [-0.39, 0.29) is 0 Å². The average molecular weight is 306 g/mol. The van der Waals surface area contributed by atoms with E-state index in [1.54, 1.807) is 0 Å². The van der Waals surface area contributed by atoms with Crippen LogP contribution in [-0.2, 0) is 7.05 Å². The molecule has 2 aliphatic rings. The molecule has 2 fully saturated rings. The molecule has 0 unspecified atom stereocenters. The van der Waals surface area contributed by atoms with Crippen molar-refractivity contribution >= 4 is 17.3 Å². The lowest BCUT2D eigenvalue weighted by atomic mass is 9.94. The fraction of sp³-hybridized carbons (Fsp3) is 0.750. The van der Waals surface area contributed by atoms with E-state index in [1.807, 2.05) is 17.9 Å². The van der Waals surface area contributed by atoms with Crippen LogP contribution in [0.1, 0.15) is 56.6 Å². The Bertz CT molecular complexity index is 470. The second kappa shape index (κ2) is 6.77. The highest BCUT2D eigenvalue weighted by atomic mass is 32.1. The second-order valence-electron chi connectivity index (χ2n) is 6.51. The van der Waals surface area contributed by atoms with Gasteiger partial charge in [-0.2, -0.15) is 0 Å². The van der Waals surface area contributed by atoms with Gasteiger partial charge < -0.3 is 14.8 Å². The van der Waals surface area contributed by atoms with Gasteiger partial charge in [0.05, 0.1) is 12.0 Å². The third-order valence-electron chi connectivity index (χ3n) is 4.86. The molecule has 1 N–H and O–H groups in total. The molecule has 116 valence electrons. The molecule has 1 aliphatic heterocycles. The Balaban J connectivity index is 1.47. The minimum Gasteiger partial charge on any atom is -0.360 e. The number of hydrogen-bond acceptors (Lipinski definition) is 2. The maximum Gasteiger partial charge on any atom is 0.169 e. The number of hydrogen-bond donors (Lipinski definition) is 1. The fourth-order valence-electron chi connectivity index (χ4n) is 3.54. The van der Waals surface area contributed by atoms with Gasteiger partial charge >= 0.3 is 0 Å². The molecule has 21 heavy (non-hydrogen) atoms. The van der Waals surface area contributed by atoms with Crippen LogP contribution < -0.4 is 5.32 Å². The van der Waals surface area contributed by atoms with Crippen LogP contribution in [0.2, 0.25) is 0 Å². The number of rotatable bonds is 2. The summed E-state index contributed by atoms with van der Waals surface area (Å²) in [5, 5.41) is 4.56. The van der Waals surface area contributed by atoms with E-state index in [9.17, 15) is 0 Å². The Morgan fingerprint density at radius 2 is 1.90 bits per heavy atom. The predicted molar refractivity (Wildman–Crippen MR) is 89.4 cm³/mol. The van der Waals surface area contributed by atoms with Crippen LogP contribution in [0.3, 0.4) is 0 Å². The van der Waals surface area contributed by atoms with Crippen LogP contribution in [0.15, 0.2) is 12.5 Å². The lowest BCUT2D eigenvalue weighted by Crippen LogP contribution is -2.47. The Labute approximate surface area is 132 Å². The smallest absolute Gasteiger partial charge is 0.169 e. The van der Waals surface area contributed by atoms with Gasteiger partial charge in [0.25, 0.3) is 0 Å². The van der Waals surface area contributed by atoms with Crippen molar-refractivity contribution in [3.05, 3.63) is 18.2 Å². The number of aromatic nitrogens is 2. The summed E-state index contributed by atoms with van der Waals surface area (Å²) in [5.41, 5.74) is 1.24. The first-order valence-electron chi connectivity index (χ1n) is 8.25. The molecule has 2 heterocycles. The van der Waals surface area contributed by atoms with Gasteiger partial charge in [0.1, 0.15) is 0 Å². The number of likely N-dealkylation sites (tertiary alicyclic amines) is 1. The number of nitrogens with zero attached hydrogens (tertiary/aromatic N) is 3. The third-order valence-corrected chi connectivity index (χ3v) is 5.23.